The molecule has 0 bridgehead atoms. The fourth-order valence-corrected chi connectivity index (χ4v) is 2.48. The zero-order valence-electron chi connectivity index (χ0n) is 11.2. The Morgan fingerprint density at radius 3 is 2.90 bits per heavy atom. The van der Waals surface area contributed by atoms with Crippen molar-refractivity contribution in [2.45, 2.75) is 19.8 Å². The molecular weight excluding hydrogens is 270 g/mol. The van der Waals surface area contributed by atoms with E-state index in [1.165, 1.54) is 0 Å². The van der Waals surface area contributed by atoms with Crippen molar-refractivity contribution in [2.75, 3.05) is 0 Å². The van der Waals surface area contributed by atoms with Gasteiger partial charge in [-0.25, -0.2) is 9.97 Å². The molecule has 0 spiro atoms. The molecule has 20 heavy (non-hydrogen) atoms. The highest BCUT2D eigenvalue weighted by atomic mass is 35.5. The summed E-state index contributed by atoms with van der Waals surface area (Å²) in [6, 6.07) is 9.93. The van der Waals surface area contributed by atoms with E-state index in [0.717, 1.165) is 40.7 Å². The topological polar surface area (TPSA) is 38.7 Å². The Bertz CT molecular complexity index is 750. The highest BCUT2D eigenvalue weighted by Gasteiger charge is 2.08. The van der Waals surface area contributed by atoms with E-state index in [0.29, 0.717) is 5.15 Å². The first-order chi connectivity index (χ1) is 9.78. The van der Waals surface area contributed by atoms with Crippen molar-refractivity contribution < 1.29 is 0 Å². The van der Waals surface area contributed by atoms with Crippen molar-refractivity contribution in [3.8, 4) is 11.3 Å². The van der Waals surface area contributed by atoms with Gasteiger partial charge in [-0.2, -0.15) is 0 Å². The van der Waals surface area contributed by atoms with Crippen molar-refractivity contribution in [3.63, 3.8) is 0 Å². The summed E-state index contributed by atoms with van der Waals surface area (Å²) in [7, 11) is 0. The highest BCUT2D eigenvalue weighted by molar-refractivity contribution is 6.29. The first kappa shape index (κ1) is 13.0. The quantitative estimate of drug-likeness (QED) is 0.673. The number of benzene rings is 1. The minimum Gasteiger partial charge on any atom is -0.264 e. The van der Waals surface area contributed by atoms with Crippen LogP contribution in [0, 0.1) is 0 Å². The second-order valence-electron chi connectivity index (χ2n) is 4.64. The van der Waals surface area contributed by atoms with Gasteiger partial charge in [-0.3, -0.25) is 4.98 Å². The van der Waals surface area contributed by atoms with E-state index < -0.39 is 0 Å². The number of fused-ring (bicyclic) bond motifs is 1. The monoisotopic (exact) mass is 283 g/mol. The molecule has 0 saturated carbocycles. The lowest BCUT2D eigenvalue weighted by molar-refractivity contribution is 0.837. The average Bonchev–Trinajstić information content (AvgIpc) is 2.46. The number of aromatic nitrogens is 3. The van der Waals surface area contributed by atoms with Crippen molar-refractivity contribution in [1.82, 2.24) is 15.0 Å². The van der Waals surface area contributed by atoms with Crippen molar-refractivity contribution >= 4 is 22.4 Å². The van der Waals surface area contributed by atoms with Crippen LogP contribution in [0.15, 0.2) is 42.7 Å². The smallest absolute Gasteiger partial charge is 0.133 e. The molecule has 0 aliphatic rings. The molecular formula is C16H14ClN3. The Morgan fingerprint density at radius 2 is 2.05 bits per heavy atom. The summed E-state index contributed by atoms with van der Waals surface area (Å²) < 4.78 is 0. The molecule has 0 aliphatic carbocycles. The van der Waals surface area contributed by atoms with E-state index in [-0.39, 0.29) is 0 Å². The number of hydrogen-bond acceptors (Lipinski definition) is 3. The van der Waals surface area contributed by atoms with E-state index in [1.807, 2.05) is 30.5 Å². The molecule has 0 atom stereocenters. The van der Waals surface area contributed by atoms with E-state index in [9.17, 15) is 0 Å². The van der Waals surface area contributed by atoms with E-state index in [2.05, 4.69) is 27.9 Å². The molecule has 0 N–H and O–H groups in total. The van der Waals surface area contributed by atoms with E-state index in [1.54, 1.807) is 6.20 Å². The third-order valence-corrected chi connectivity index (χ3v) is 3.37. The van der Waals surface area contributed by atoms with Crippen LogP contribution in [-0.2, 0) is 6.42 Å². The molecule has 0 aliphatic heterocycles. The zero-order valence-corrected chi connectivity index (χ0v) is 11.9. The summed E-state index contributed by atoms with van der Waals surface area (Å²) in [5.74, 6) is 0.788. The summed E-state index contributed by atoms with van der Waals surface area (Å²) in [4.78, 5) is 13.1. The molecule has 3 aromatic rings. The van der Waals surface area contributed by atoms with Crippen LogP contribution in [0.2, 0.25) is 5.15 Å². The second-order valence-corrected chi connectivity index (χ2v) is 5.03. The van der Waals surface area contributed by atoms with Crippen LogP contribution in [0.3, 0.4) is 0 Å². The molecule has 3 nitrogen and oxygen atoms in total. The van der Waals surface area contributed by atoms with Crippen LogP contribution < -0.4 is 0 Å². The Morgan fingerprint density at radius 1 is 1.15 bits per heavy atom. The van der Waals surface area contributed by atoms with Gasteiger partial charge in [-0.15, -0.1) is 0 Å². The van der Waals surface area contributed by atoms with Crippen LogP contribution in [0.5, 0.6) is 0 Å². The van der Waals surface area contributed by atoms with Gasteiger partial charge in [0.05, 0.1) is 5.69 Å². The number of rotatable bonds is 3. The summed E-state index contributed by atoms with van der Waals surface area (Å²) in [6.45, 7) is 2.10. The molecule has 2 aromatic heterocycles. The molecule has 0 saturated heterocycles. The lowest BCUT2D eigenvalue weighted by Gasteiger charge is -2.07. The third kappa shape index (κ3) is 2.49. The second kappa shape index (κ2) is 5.55. The summed E-state index contributed by atoms with van der Waals surface area (Å²) in [5.41, 5.74) is 1.89. The van der Waals surface area contributed by atoms with Crippen LogP contribution in [0.1, 0.15) is 19.2 Å². The lowest BCUT2D eigenvalue weighted by Crippen LogP contribution is -1.97. The number of aryl methyl sites for hydroxylation is 1. The summed E-state index contributed by atoms with van der Waals surface area (Å²) in [5, 5.41) is 2.70. The van der Waals surface area contributed by atoms with Crippen molar-refractivity contribution in [3.05, 3.63) is 53.7 Å². The SMILES string of the molecule is CCCc1nc(Cl)cc(-c2cccc3ccncc23)n1. The van der Waals surface area contributed by atoms with Crippen LogP contribution >= 0.6 is 11.6 Å². The van der Waals surface area contributed by atoms with Gasteiger partial charge in [0.2, 0.25) is 0 Å². The number of nitrogens with zero attached hydrogens (tertiary/aromatic N) is 3. The van der Waals surface area contributed by atoms with E-state index in [4.69, 9.17) is 11.6 Å². The Balaban J connectivity index is 2.20. The maximum atomic E-state index is 6.12. The fraction of sp³-hybridized carbons (Fsp3) is 0.188. The van der Waals surface area contributed by atoms with Gasteiger partial charge < -0.3 is 0 Å². The number of pyridine rings is 1. The first-order valence-electron chi connectivity index (χ1n) is 6.64. The largest absolute Gasteiger partial charge is 0.264 e. The van der Waals surface area contributed by atoms with Gasteiger partial charge in [0.25, 0.3) is 0 Å². The van der Waals surface area contributed by atoms with Gasteiger partial charge in [0, 0.05) is 35.8 Å². The molecule has 3 rings (SSSR count). The van der Waals surface area contributed by atoms with Gasteiger partial charge in [0.1, 0.15) is 11.0 Å². The molecule has 0 unspecified atom stereocenters. The predicted molar refractivity (Wildman–Crippen MR) is 81.8 cm³/mol. The molecule has 0 radical (unpaired) electrons. The Hall–Kier alpha value is -2.00. The van der Waals surface area contributed by atoms with Gasteiger partial charge in [-0.05, 0) is 17.9 Å². The molecule has 2 heterocycles. The lowest BCUT2D eigenvalue weighted by atomic mass is 10.0. The van der Waals surface area contributed by atoms with Gasteiger partial charge in [-0.1, -0.05) is 36.7 Å². The Kier molecular flexibility index (Phi) is 3.61. The zero-order chi connectivity index (χ0) is 13.9. The molecule has 1 aromatic carbocycles. The van der Waals surface area contributed by atoms with Crippen molar-refractivity contribution in [2.24, 2.45) is 0 Å². The van der Waals surface area contributed by atoms with Crippen LogP contribution in [0.4, 0.5) is 0 Å². The summed E-state index contributed by atoms with van der Waals surface area (Å²) >= 11 is 6.12. The molecule has 4 heteroatoms. The van der Waals surface area contributed by atoms with Gasteiger partial charge >= 0.3 is 0 Å². The third-order valence-electron chi connectivity index (χ3n) is 3.17. The number of halogens is 1. The number of hydrogen-bond donors (Lipinski definition) is 0. The molecule has 100 valence electrons. The van der Waals surface area contributed by atoms with Gasteiger partial charge in [0.15, 0.2) is 0 Å². The average molecular weight is 284 g/mol. The van der Waals surface area contributed by atoms with Crippen molar-refractivity contribution in [1.29, 1.82) is 0 Å². The molecule has 0 fully saturated rings. The maximum Gasteiger partial charge on any atom is 0.133 e. The normalized spacial score (nSPS) is 10.9. The van der Waals surface area contributed by atoms with Crippen LogP contribution in [0.25, 0.3) is 22.0 Å². The maximum absolute atomic E-state index is 6.12. The van der Waals surface area contributed by atoms with E-state index >= 15 is 0 Å². The Labute approximate surface area is 122 Å². The molecule has 0 amide bonds. The summed E-state index contributed by atoms with van der Waals surface area (Å²) in [6.07, 6.45) is 5.48. The fourth-order valence-electron chi connectivity index (χ4n) is 2.27. The predicted octanol–water partition coefficient (Wildman–Crippen LogP) is 4.30. The highest BCUT2D eigenvalue weighted by Crippen LogP contribution is 2.27. The van der Waals surface area contributed by atoms with Crippen LogP contribution in [-0.4, -0.2) is 15.0 Å². The minimum atomic E-state index is 0.486. The minimum absolute atomic E-state index is 0.486. The standard InChI is InChI=1S/C16H14ClN3/c1-2-4-16-19-14(9-15(17)20-16)12-6-3-5-11-7-8-18-10-13(11)12/h3,5-10H,2,4H2,1H3. The first-order valence-corrected chi connectivity index (χ1v) is 7.02.